The Labute approximate surface area is 226 Å². The number of esters is 1. The largest absolute Gasteiger partial charge is 0.460 e. The zero-order chi connectivity index (χ0) is 27.1. The summed E-state index contributed by atoms with van der Waals surface area (Å²) in [6, 6.07) is 21.6. The molecule has 0 spiro atoms. The molecule has 0 radical (unpaired) electrons. The molecule has 1 aliphatic carbocycles. The number of benzene rings is 3. The zero-order valence-electron chi connectivity index (χ0n) is 20.8. The van der Waals surface area contributed by atoms with Gasteiger partial charge < -0.3 is 19.3 Å². The van der Waals surface area contributed by atoms with E-state index < -0.39 is 25.0 Å². The summed E-state index contributed by atoms with van der Waals surface area (Å²) < 4.78 is 27.9. The van der Waals surface area contributed by atoms with E-state index in [1.54, 1.807) is 24.3 Å². The molecule has 1 aliphatic rings. The predicted molar refractivity (Wildman–Crippen MR) is 146 cm³/mol. The van der Waals surface area contributed by atoms with Crippen LogP contribution >= 0.6 is 18.1 Å². The van der Waals surface area contributed by atoms with E-state index in [0.717, 1.165) is 22.3 Å². The molecule has 10 heteroatoms. The number of rotatable bonds is 11. The Kier molecular flexibility index (Phi) is 8.89. The normalized spacial score (nSPS) is 14.4. The molecule has 2 atom stereocenters. The number of carbonyl (C=O) groups excluding carboxylic acids is 2. The summed E-state index contributed by atoms with van der Waals surface area (Å²) in [7, 11) is 1.43. The number of fused-ring (bicyclic) bond motifs is 3. The van der Waals surface area contributed by atoms with E-state index in [4.69, 9.17) is 25.2 Å². The van der Waals surface area contributed by atoms with Crippen molar-refractivity contribution >= 4 is 30.2 Å². The van der Waals surface area contributed by atoms with Gasteiger partial charge in [-0.3, -0.25) is 0 Å². The van der Waals surface area contributed by atoms with Crippen LogP contribution in [0.25, 0.3) is 11.1 Å². The molecule has 3 aromatic rings. The topological polar surface area (TPSA) is 103 Å². The minimum Gasteiger partial charge on any atom is -0.460 e. The summed E-state index contributed by atoms with van der Waals surface area (Å²) in [5.74, 6) is -0.446. The zero-order valence-corrected chi connectivity index (χ0v) is 22.4. The molecule has 0 heterocycles. The third kappa shape index (κ3) is 6.64. The maximum Gasteiger partial charge on any atom is 0.408 e. The summed E-state index contributed by atoms with van der Waals surface area (Å²) in [6.07, 6.45) is 0.843. The van der Waals surface area contributed by atoms with E-state index in [2.05, 4.69) is 29.1 Å². The molecule has 38 heavy (non-hydrogen) atoms. The van der Waals surface area contributed by atoms with Crippen molar-refractivity contribution in [2.24, 2.45) is 0 Å². The maximum absolute atomic E-state index is 12.8. The van der Waals surface area contributed by atoms with Gasteiger partial charge in [0, 0.05) is 23.6 Å². The van der Waals surface area contributed by atoms with Crippen molar-refractivity contribution < 1.29 is 28.2 Å². The molecule has 0 bridgehead atoms. The van der Waals surface area contributed by atoms with E-state index in [-0.39, 0.29) is 31.3 Å². The lowest BCUT2D eigenvalue weighted by Gasteiger charge is -2.19. The Morgan fingerprint density at radius 3 is 2.18 bits per heavy atom. The summed E-state index contributed by atoms with van der Waals surface area (Å²) >= 11 is 5.75. The second kappa shape index (κ2) is 12.3. The second-order valence-electron chi connectivity index (χ2n) is 8.58. The molecule has 0 aliphatic heterocycles. The number of alkyl carbamates (subject to hydrolysis) is 1. The molecule has 2 N–H and O–H groups in total. The van der Waals surface area contributed by atoms with Crippen molar-refractivity contribution in [1.82, 2.24) is 10.4 Å². The lowest BCUT2D eigenvalue weighted by molar-refractivity contribution is -0.144. The van der Waals surface area contributed by atoms with Gasteiger partial charge in [0.15, 0.2) is 0 Å². The lowest BCUT2D eigenvalue weighted by Crippen LogP contribution is -2.44. The van der Waals surface area contributed by atoms with Crippen molar-refractivity contribution in [3.63, 3.8) is 0 Å². The molecule has 0 aromatic heterocycles. The SMILES string of the molecule is C=CCOC(=O)C(Cc1ccc(OP(=O)(Cl)NC)cc1)NC(=O)OCC1c2ccccc2-c2ccccc21. The van der Waals surface area contributed by atoms with Crippen LogP contribution in [-0.4, -0.2) is 38.4 Å². The number of carbonyl (C=O) groups is 2. The maximum atomic E-state index is 12.8. The molecule has 8 nitrogen and oxygen atoms in total. The summed E-state index contributed by atoms with van der Waals surface area (Å²) in [5, 5.41) is 5.04. The summed E-state index contributed by atoms with van der Waals surface area (Å²) in [6.45, 7) is 0.192. The van der Waals surface area contributed by atoms with E-state index >= 15 is 0 Å². The van der Waals surface area contributed by atoms with E-state index in [9.17, 15) is 14.2 Å². The molecular weight excluding hydrogens is 527 g/mol. The number of hydrogen-bond donors (Lipinski definition) is 2. The number of ether oxygens (including phenoxy) is 2. The highest BCUT2D eigenvalue weighted by molar-refractivity contribution is 7.84. The van der Waals surface area contributed by atoms with Crippen LogP contribution in [0, 0.1) is 0 Å². The standard InChI is InChI=1S/C28H28ClN2O6P/c1-3-16-35-27(32)26(17-19-12-14-20(15-13-19)37-38(29,34)30-2)31-28(33)36-18-25-23-10-6-4-8-21(23)22-9-5-7-11-24(22)25/h3-15,25-26H,1,16-18H2,2H3,(H,30,34)(H,31,33). The predicted octanol–water partition coefficient (Wildman–Crippen LogP) is 5.81. The van der Waals surface area contributed by atoms with Crippen LogP contribution in [0.3, 0.4) is 0 Å². The van der Waals surface area contributed by atoms with Gasteiger partial charge in [0.05, 0.1) is 0 Å². The van der Waals surface area contributed by atoms with Crippen LogP contribution in [0.2, 0.25) is 0 Å². The lowest BCUT2D eigenvalue weighted by atomic mass is 9.98. The van der Waals surface area contributed by atoms with E-state index in [0.29, 0.717) is 5.56 Å². The average molecular weight is 555 g/mol. The van der Waals surface area contributed by atoms with Gasteiger partial charge in [0.1, 0.15) is 25.0 Å². The van der Waals surface area contributed by atoms with Crippen molar-refractivity contribution in [3.8, 4) is 16.9 Å². The molecule has 0 saturated carbocycles. The fourth-order valence-electron chi connectivity index (χ4n) is 4.32. The molecule has 3 aromatic carbocycles. The first kappa shape index (κ1) is 27.5. The number of halogens is 1. The highest BCUT2D eigenvalue weighted by Gasteiger charge is 2.30. The molecular formula is C28H28ClN2O6P. The van der Waals surface area contributed by atoms with Crippen LogP contribution in [-0.2, 0) is 25.3 Å². The summed E-state index contributed by atoms with van der Waals surface area (Å²) in [5.41, 5.74) is 5.12. The minimum atomic E-state index is -3.48. The fraction of sp³-hybridized carbons (Fsp3) is 0.214. The quantitative estimate of drug-likeness (QED) is 0.175. The molecule has 198 valence electrons. The van der Waals surface area contributed by atoms with Crippen LogP contribution in [0.5, 0.6) is 5.75 Å². The molecule has 4 rings (SSSR count). The van der Waals surface area contributed by atoms with Gasteiger partial charge >= 0.3 is 18.9 Å². The van der Waals surface area contributed by atoms with Gasteiger partial charge in [0.2, 0.25) is 0 Å². The average Bonchev–Trinajstić information content (AvgIpc) is 3.24. The van der Waals surface area contributed by atoms with E-state index in [1.165, 1.54) is 13.1 Å². The number of hydrogen-bond acceptors (Lipinski definition) is 6. The number of amides is 1. The van der Waals surface area contributed by atoms with Crippen LogP contribution < -0.4 is 14.9 Å². The molecule has 0 saturated heterocycles. The highest BCUT2D eigenvalue weighted by Crippen LogP contribution is 2.47. The monoisotopic (exact) mass is 554 g/mol. The third-order valence-corrected chi connectivity index (χ3v) is 7.81. The van der Waals surface area contributed by atoms with Crippen molar-refractivity contribution in [1.29, 1.82) is 0 Å². The van der Waals surface area contributed by atoms with Gasteiger partial charge in [-0.2, -0.15) is 0 Å². The van der Waals surface area contributed by atoms with Crippen LogP contribution in [0.15, 0.2) is 85.5 Å². The Balaban J connectivity index is 1.43. The van der Waals surface area contributed by atoms with Crippen molar-refractivity contribution in [2.45, 2.75) is 18.4 Å². The van der Waals surface area contributed by atoms with Crippen molar-refractivity contribution in [2.75, 3.05) is 20.3 Å². The Morgan fingerprint density at radius 1 is 1.00 bits per heavy atom. The van der Waals surface area contributed by atoms with E-state index in [1.807, 2.05) is 36.4 Å². The Bertz CT molecular complexity index is 1320. The first-order valence-electron chi connectivity index (χ1n) is 12.0. The molecule has 2 unspecified atom stereocenters. The number of nitrogens with one attached hydrogen (secondary N) is 2. The Morgan fingerprint density at radius 2 is 1.61 bits per heavy atom. The third-order valence-electron chi connectivity index (χ3n) is 6.12. The van der Waals surface area contributed by atoms with Gasteiger partial charge in [-0.15, -0.1) is 0 Å². The summed E-state index contributed by atoms with van der Waals surface area (Å²) in [4.78, 5) is 25.5. The minimum absolute atomic E-state index is 0.00348. The van der Waals surface area contributed by atoms with Gasteiger partial charge in [-0.1, -0.05) is 73.3 Å². The van der Waals surface area contributed by atoms with Crippen LogP contribution in [0.4, 0.5) is 4.79 Å². The van der Waals surface area contributed by atoms with Gasteiger partial charge in [-0.25, -0.2) is 19.2 Å². The van der Waals surface area contributed by atoms with Crippen LogP contribution in [0.1, 0.15) is 22.6 Å². The van der Waals surface area contributed by atoms with Gasteiger partial charge in [0.25, 0.3) is 0 Å². The van der Waals surface area contributed by atoms with Crippen molar-refractivity contribution in [3.05, 3.63) is 102 Å². The highest BCUT2D eigenvalue weighted by atomic mass is 35.7. The van der Waals surface area contributed by atoms with Gasteiger partial charge in [-0.05, 0) is 47.0 Å². The molecule has 0 fully saturated rings. The smallest absolute Gasteiger partial charge is 0.408 e. The molecule has 1 amide bonds. The fourth-order valence-corrected chi connectivity index (χ4v) is 5.04. The second-order valence-corrected chi connectivity index (χ2v) is 11.5. The first-order valence-corrected chi connectivity index (χ1v) is 14.5. The first-order chi connectivity index (χ1) is 18.3. The Hall–Kier alpha value is -3.58.